The van der Waals surface area contributed by atoms with E-state index in [1.54, 1.807) is 0 Å². The van der Waals surface area contributed by atoms with Crippen molar-refractivity contribution in [1.29, 1.82) is 0 Å². The molecule has 0 aromatic heterocycles. The van der Waals surface area contributed by atoms with Crippen molar-refractivity contribution < 1.29 is 5.11 Å². The Morgan fingerprint density at radius 1 is 1.32 bits per heavy atom. The highest BCUT2D eigenvalue weighted by Crippen LogP contribution is 2.21. The van der Waals surface area contributed by atoms with Gasteiger partial charge in [-0.2, -0.15) is 0 Å². The standard InChI is InChI=1S/C16H28N2O/c1-5-18(9-6-10-19)16-8-7-15(11-14(16)4)12-17-13(2)3/h7-8,11,13,17,19H,5-6,9-10,12H2,1-4H3. The first kappa shape index (κ1) is 16.0. The summed E-state index contributed by atoms with van der Waals surface area (Å²) in [6.07, 6.45) is 0.823. The third-order valence-electron chi connectivity index (χ3n) is 3.28. The molecule has 3 nitrogen and oxygen atoms in total. The summed E-state index contributed by atoms with van der Waals surface area (Å²) in [4.78, 5) is 2.32. The molecular formula is C16H28N2O. The van der Waals surface area contributed by atoms with Crippen molar-refractivity contribution in [3.63, 3.8) is 0 Å². The van der Waals surface area contributed by atoms with Crippen LogP contribution in [0.5, 0.6) is 0 Å². The molecule has 0 unspecified atom stereocenters. The lowest BCUT2D eigenvalue weighted by Gasteiger charge is -2.25. The molecule has 0 spiro atoms. The maximum Gasteiger partial charge on any atom is 0.0447 e. The van der Waals surface area contributed by atoms with Crippen LogP contribution in [-0.4, -0.2) is 30.8 Å². The van der Waals surface area contributed by atoms with Gasteiger partial charge < -0.3 is 15.3 Å². The van der Waals surface area contributed by atoms with Crippen LogP contribution in [0.15, 0.2) is 18.2 Å². The van der Waals surface area contributed by atoms with E-state index in [-0.39, 0.29) is 6.61 Å². The van der Waals surface area contributed by atoms with Crippen molar-refractivity contribution in [3.05, 3.63) is 29.3 Å². The second-order valence-corrected chi connectivity index (χ2v) is 5.31. The number of benzene rings is 1. The van der Waals surface area contributed by atoms with E-state index in [9.17, 15) is 0 Å². The average molecular weight is 264 g/mol. The first-order valence-electron chi connectivity index (χ1n) is 7.27. The normalized spacial score (nSPS) is 11.1. The zero-order valence-corrected chi connectivity index (χ0v) is 12.7. The van der Waals surface area contributed by atoms with Gasteiger partial charge in [0, 0.05) is 38.0 Å². The lowest BCUT2D eigenvalue weighted by atomic mass is 10.1. The molecule has 0 amide bonds. The number of hydrogen-bond donors (Lipinski definition) is 2. The molecule has 1 aromatic rings. The van der Waals surface area contributed by atoms with Crippen LogP contribution < -0.4 is 10.2 Å². The molecule has 0 atom stereocenters. The van der Waals surface area contributed by atoms with Crippen LogP contribution in [0.3, 0.4) is 0 Å². The molecule has 0 saturated carbocycles. The predicted molar refractivity (Wildman–Crippen MR) is 82.7 cm³/mol. The average Bonchev–Trinajstić information content (AvgIpc) is 2.39. The Kier molecular flexibility index (Phi) is 6.89. The topological polar surface area (TPSA) is 35.5 Å². The fourth-order valence-electron chi connectivity index (χ4n) is 2.21. The van der Waals surface area contributed by atoms with E-state index in [4.69, 9.17) is 5.11 Å². The van der Waals surface area contributed by atoms with Gasteiger partial charge in [0.25, 0.3) is 0 Å². The predicted octanol–water partition coefficient (Wildman–Crippen LogP) is 2.70. The monoisotopic (exact) mass is 264 g/mol. The Labute approximate surface area is 117 Å². The van der Waals surface area contributed by atoms with Gasteiger partial charge >= 0.3 is 0 Å². The van der Waals surface area contributed by atoms with Crippen molar-refractivity contribution in [2.45, 2.75) is 46.7 Å². The molecule has 0 bridgehead atoms. The van der Waals surface area contributed by atoms with E-state index in [1.165, 1.54) is 16.8 Å². The van der Waals surface area contributed by atoms with Gasteiger partial charge in [0.1, 0.15) is 0 Å². The van der Waals surface area contributed by atoms with Crippen molar-refractivity contribution in [3.8, 4) is 0 Å². The maximum absolute atomic E-state index is 8.96. The quantitative estimate of drug-likeness (QED) is 0.758. The van der Waals surface area contributed by atoms with Gasteiger partial charge in [-0.25, -0.2) is 0 Å². The zero-order valence-electron chi connectivity index (χ0n) is 12.7. The van der Waals surface area contributed by atoms with E-state index in [0.717, 1.165) is 26.1 Å². The van der Waals surface area contributed by atoms with Gasteiger partial charge in [-0.15, -0.1) is 0 Å². The van der Waals surface area contributed by atoms with E-state index >= 15 is 0 Å². The minimum Gasteiger partial charge on any atom is -0.396 e. The molecule has 0 radical (unpaired) electrons. The summed E-state index contributed by atoms with van der Waals surface area (Å²) in [6, 6.07) is 7.16. The van der Waals surface area contributed by atoms with E-state index in [2.05, 4.69) is 56.1 Å². The molecule has 0 aliphatic rings. The molecule has 0 heterocycles. The van der Waals surface area contributed by atoms with Crippen LogP contribution in [0.2, 0.25) is 0 Å². The fraction of sp³-hybridized carbons (Fsp3) is 0.625. The summed E-state index contributed by atoms with van der Waals surface area (Å²) in [5.41, 5.74) is 3.92. The Morgan fingerprint density at radius 3 is 2.58 bits per heavy atom. The highest BCUT2D eigenvalue weighted by molar-refractivity contribution is 5.54. The van der Waals surface area contributed by atoms with E-state index < -0.39 is 0 Å². The second-order valence-electron chi connectivity index (χ2n) is 5.31. The number of aliphatic hydroxyl groups excluding tert-OH is 1. The molecule has 1 aromatic carbocycles. The summed E-state index contributed by atoms with van der Waals surface area (Å²) in [5, 5.41) is 12.4. The Balaban J connectivity index is 2.74. The molecule has 0 saturated heterocycles. The Morgan fingerprint density at radius 2 is 2.05 bits per heavy atom. The van der Waals surface area contributed by atoms with Gasteiger partial charge in [0.05, 0.1) is 0 Å². The first-order valence-corrected chi connectivity index (χ1v) is 7.27. The lowest BCUT2D eigenvalue weighted by molar-refractivity contribution is 0.289. The molecule has 2 N–H and O–H groups in total. The molecule has 1 rings (SSSR count). The molecule has 19 heavy (non-hydrogen) atoms. The van der Waals surface area contributed by atoms with Gasteiger partial charge in [-0.1, -0.05) is 26.0 Å². The summed E-state index contributed by atoms with van der Waals surface area (Å²) >= 11 is 0. The summed E-state index contributed by atoms with van der Waals surface area (Å²) < 4.78 is 0. The van der Waals surface area contributed by atoms with E-state index in [0.29, 0.717) is 6.04 Å². The van der Waals surface area contributed by atoms with Crippen molar-refractivity contribution in [2.24, 2.45) is 0 Å². The smallest absolute Gasteiger partial charge is 0.0447 e. The second kappa shape index (κ2) is 8.18. The first-order chi connectivity index (χ1) is 9.08. The van der Waals surface area contributed by atoms with Crippen LogP contribution in [0.1, 0.15) is 38.3 Å². The largest absolute Gasteiger partial charge is 0.396 e. The van der Waals surface area contributed by atoms with Crippen LogP contribution in [-0.2, 0) is 6.54 Å². The number of hydrogen-bond acceptors (Lipinski definition) is 3. The fourth-order valence-corrected chi connectivity index (χ4v) is 2.21. The van der Waals surface area contributed by atoms with Crippen molar-refractivity contribution in [2.75, 3.05) is 24.6 Å². The van der Waals surface area contributed by atoms with Crippen molar-refractivity contribution in [1.82, 2.24) is 5.32 Å². The van der Waals surface area contributed by atoms with Gasteiger partial charge in [0.15, 0.2) is 0 Å². The van der Waals surface area contributed by atoms with Crippen LogP contribution in [0.4, 0.5) is 5.69 Å². The minimum absolute atomic E-state index is 0.256. The number of aliphatic hydroxyl groups is 1. The summed E-state index contributed by atoms with van der Waals surface area (Å²) in [6.45, 7) is 11.7. The number of aryl methyl sites for hydroxylation is 1. The van der Waals surface area contributed by atoms with Gasteiger partial charge in [-0.05, 0) is 37.5 Å². The van der Waals surface area contributed by atoms with Crippen molar-refractivity contribution >= 4 is 5.69 Å². The van der Waals surface area contributed by atoms with E-state index in [1.807, 2.05) is 0 Å². The highest BCUT2D eigenvalue weighted by atomic mass is 16.3. The molecule has 0 fully saturated rings. The number of nitrogens with one attached hydrogen (secondary N) is 1. The molecule has 3 heteroatoms. The summed E-state index contributed by atoms with van der Waals surface area (Å²) in [5.74, 6) is 0. The highest BCUT2D eigenvalue weighted by Gasteiger charge is 2.07. The number of nitrogens with zero attached hydrogens (tertiary/aromatic N) is 1. The van der Waals surface area contributed by atoms with Crippen LogP contribution in [0, 0.1) is 6.92 Å². The zero-order chi connectivity index (χ0) is 14.3. The third kappa shape index (κ3) is 5.21. The van der Waals surface area contributed by atoms with Gasteiger partial charge in [0.2, 0.25) is 0 Å². The minimum atomic E-state index is 0.256. The third-order valence-corrected chi connectivity index (χ3v) is 3.28. The Hall–Kier alpha value is -1.06. The molecular weight excluding hydrogens is 236 g/mol. The summed E-state index contributed by atoms with van der Waals surface area (Å²) in [7, 11) is 0. The molecule has 108 valence electrons. The lowest BCUT2D eigenvalue weighted by Crippen LogP contribution is -2.25. The molecule has 0 aliphatic heterocycles. The molecule has 0 aliphatic carbocycles. The maximum atomic E-state index is 8.96. The van der Waals surface area contributed by atoms with Crippen LogP contribution >= 0.6 is 0 Å². The number of rotatable bonds is 8. The number of anilines is 1. The SMILES string of the molecule is CCN(CCCO)c1ccc(CNC(C)C)cc1C. The Bertz CT molecular complexity index is 377. The van der Waals surface area contributed by atoms with Crippen LogP contribution in [0.25, 0.3) is 0 Å². The van der Waals surface area contributed by atoms with Gasteiger partial charge in [-0.3, -0.25) is 0 Å².